The Hall–Kier alpha value is -3.31. The Morgan fingerprint density at radius 1 is 1.30 bits per heavy atom. The summed E-state index contributed by atoms with van der Waals surface area (Å²) in [5, 5.41) is 22.9. The topological polar surface area (TPSA) is 116 Å². The first-order valence-electron chi connectivity index (χ1n) is 8.95. The number of thiazole rings is 1. The maximum atomic E-state index is 12.7. The predicted octanol–water partition coefficient (Wildman–Crippen LogP) is 4.30. The van der Waals surface area contributed by atoms with Crippen LogP contribution in [-0.2, 0) is 13.5 Å². The second-order valence-electron chi connectivity index (χ2n) is 6.39. The number of nitrogens with zero attached hydrogens (tertiary/aromatic N) is 5. The molecule has 0 fully saturated rings. The number of anilines is 1. The molecule has 152 valence electrons. The normalized spacial score (nSPS) is 11.0. The molecule has 2 aromatic carbocycles. The fraction of sp³-hybridized carbons (Fsp3) is 0.158. The van der Waals surface area contributed by atoms with Crippen LogP contribution in [0.15, 0.2) is 52.8 Å². The lowest BCUT2D eigenvalue weighted by molar-refractivity contribution is -0.387. The Bertz CT molecular complexity index is 1270. The van der Waals surface area contributed by atoms with Crippen LogP contribution in [0.5, 0.6) is 0 Å². The van der Waals surface area contributed by atoms with Gasteiger partial charge >= 0.3 is 0 Å². The monoisotopic (exact) mass is 440 g/mol. The number of aromatic nitrogens is 4. The number of nitro benzene ring substituents is 1. The molecule has 30 heavy (non-hydrogen) atoms. The SMILES string of the molecule is CCc1ccc2nc(NC(=O)c3ccc(Sc4nncn4C)c([N+](=O)[O-])c3)sc2c1. The number of hydrogen-bond donors (Lipinski definition) is 1. The summed E-state index contributed by atoms with van der Waals surface area (Å²) in [4.78, 5) is 28.5. The highest BCUT2D eigenvalue weighted by Gasteiger charge is 2.20. The first-order chi connectivity index (χ1) is 14.4. The second-order valence-corrected chi connectivity index (χ2v) is 8.43. The largest absolute Gasteiger partial charge is 0.311 e. The van der Waals surface area contributed by atoms with Crippen molar-refractivity contribution in [3.63, 3.8) is 0 Å². The number of carbonyl (C=O) groups excluding carboxylic acids is 1. The number of benzene rings is 2. The molecular formula is C19H16N6O3S2. The smallest absolute Gasteiger partial charge is 0.284 e. The minimum Gasteiger partial charge on any atom is -0.311 e. The third-order valence-electron chi connectivity index (χ3n) is 4.37. The molecule has 0 radical (unpaired) electrons. The molecule has 0 saturated heterocycles. The number of hydrogen-bond acceptors (Lipinski definition) is 8. The van der Waals surface area contributed by atoms with Crippen LogP contribution in [0.2, 0.25) is 0 Å². The number of aryl methyl sites for hydroxylation is 2. The van der Waals surface area contributed by atoms with Crippen LogP contribution in [-0.4, -0.2) is 30.6 Å². The Balaban J connectivity index is 1.58. The van der Waals surface area contributed by atoms with E-state index in [1.807, 2.05) is 18.2 Å². The fourth-order valence-electron chi connectivity index (χ4n) is 2.76. The molecule has 2 heterocycles. The lowest BCUT2D eigenvalue weighted by atomic mass is 10.2. The van der Waals surface area contributed by atoms with E-state index in [-0.39, 0.29) is 11.3 Å². The van der Waals surface area contributed by atoms with Crippen LogP contribution in [0.25, 0.3) is 10.2 Å². The minimum atomic E-state index is -0.514. The van der Waals surface area contributed by atoms with Crippen molar-refractivity contribution in [2.75, 3.05) is 5.32 Å². The lowest BCUT2D eigenvalue weighted by Gasteiger charge is -2.05. The summed E-state index contributed by atoms with van der Waals surface area (Å²) in [6, 6.07) is 10.3. The molecule has 0 spiro atoms. The fourth-order valence-corrected chi connectivity index (χ4v) is 4.54. The molecule has 0 atom stereocenters. The van der Waals surface area contributed by atoms with E-state index in [1.54, 1.807) is 17.7 Å². The van der Waals surface area contributed by atoms with Gasteiger partial charge in [-0.2, -0.15) is 0 Å². The zero-order valence-electron chi connectivity index (χ0n) is 16.0. The van der Waals surface area contributed by atoms with Gasteiger partial charge in [0.05, 0.1) is 20.0 Å². The maximum absolute atomic E-state index is 12.7. The predicted molar refractivity (Wildman–Crippen MR) is 115 cm³/mol. The number of carbonyl (C=O) groups is 1. The van der Waals surface area contributed by atoms with Crippen LogP contribution in [0.4, 0.5) is 10.8 Å². The van der Waals surface area contributed by atoms with Gasteiger partial charge in [-0.1, -0.05) is 24.3 Å². The summed E-state index contributed by atoms with van der Waals surface area (Å²) in [7, 11) is 1.75. The van der Waals surface area contributed by atoms with E-state index in [0.717, 1.165) is 28.4 Å². The van der Waals surface area contributed by atoms with Crippen molar-refractivity contribution in [3.8, 4) is 0 Å². The number of amides is 1. The first kappa shape index (κ1) is 20.0. The Kier molecular flexibility index (Phi) is 5.46. The molecule has 4 aromatic rings. The highest BCUT2D eigenvalue weighted by atomic mass is 32.2. The van der Waals surface area contributed by atoms with Gasteiger partial charge < -0.3 is 4.57 Å². The molecule has 1 N–H and O–H groups in total. The molecule has 11 heteroatoms. The van der Waals surface area contributed by atoms with Crippen LogP contribution >= 0.6 is 23.1 Å². The van der Waals surface area contributed by atoms with Gasteiger partial charge in [-0.3, -0.25) is 20.2 Å². The van der Waals surface area contributed by atoms with E-state index in [9.17, 15) is 14.9 Å². The Morgan fingerprint density at radius 3 is 2.83 bits per heavy atom. The standard InChI is InChI=1S/C19H16N6O3S2/c1-3-11-4-6-13-16(8-11)29-18(21-13)22-17(26)12-5-7-15(14(9-12)25(27)28)30-19-23-20-10-24(19)2/h4-10H,3H2,1-2H3,(H,21,22,26). The quantitative estimate of drug-likeness (QED) is 0.351. The zero-order valence-corrected chi connectivity index (χ0v) is 17.7. The molecule has 0 bridgehead atoms. The van der Waals surface area contributed by atoms with Crippen molar-refractivity contribution in [2.24, 2.45) is 7.05 Å². The average Bonchev–Trinajstić information content (AvgIpc) is 3.32. The van der Waals surface area contributed by atoms with Gasteiger partial charge in [-0.25, -0.2) is 4.98 Å². The van der Waals surface area contributed by atoms with E-state index >= 15 is 0 Å². The van der Waals surface area contributed by atoms with Crippen molar-refractivity contribution in [1.29, 1.82) is 0 Å². The van der Waals surface area contributed by atoms with Crippen molar-refractivity contribution < 1.29 is 9.72 Å². The molecule has 1 amide bonds. The van der Waals surface area contributed by atoms with Gasteiger partial charge in [0.15, 0.2) is 10.3 Å². The molecule has 0 aliphatic carbocycles. The number of nitrogens with one attached hydrogen (secondary N) is 1. The van der Waals surface area contributed by atoms with E-state index in [0.29, 0.717) is 15.2 Å². The molecule has 2 aromatic heterocycles. The summed E-state index contributed by atoms with van der Waals surface area (Å²) < 4.78 is 2.64. The maximum Gasteiger partial charge on any atom is 0.284 e. The highest BCUT2D eigenvalue weighted by molar-refractivity contribution is 7.99. The summed E-state index contributed by atoms with van der Waals surface area (Å²) in [5.74, 6) is -0.455. The van der Waals surface area contributed by atoms with Gasteiger partial charge in [-0.15, -0.1) is 10.2 Å². The third-order valence-corrected chi connectivity index (χ3v) is 6.42. The van der Waals surface area contributed by atoms with E-state index < -0.39 is 10.8 Å². The number of fused-ring (bicyclic) bond motifs is 1. The van der Waals surface area contributed by atoms with Crippen molar-refractivity contribution >= 4 is 50.0 Å². The molecule has 0 saturated carbocycles. The van der Waals surface area contributed by atoms with Gasteiger partial charge in [0.25, 0.3) is 11.6 Å². The van der Waals surface area contributed by atoms with Crippen molar-refractivity contribution in [2.45, 2.75) is 23.4 Å². The van der Waals surface area contributed by atoms with Crippen LogP contribution in [0, 0.1) is 10.1 Å². The van der Waals surface area contributed by atoms with Crippen LogP contribution in [0.1, 0.15) is 22.8 Å². The molecule has 9 nitrogen and oxygen atoms in total. The van der Waals surface area contributed by atoms with E-state index in [1.165, 1.54) is 35.4 Å². The minimum absolute atomic E-state index is 0.174. The number of rotatable bonds is 6. The second kappa shape index (κ2) is 8.20. The lowest BCUT2D eigenvalue weighted by Crippen LogP contribution is -2.12. The summed E-state index contributed by atoms with van der Waals surface area (Å²) in [6.45, 7) is 2.07. The van der Waals surface area contributed by atoms with Crippen LogP contribution in [0.3, 0.4) is 0 Å². The van der Waals surface area contributed by atoms with Crippen molar-refractivity contribution in [3.05, 3.63) is 64.0 Å². The Morgan fingerprint density at radius 2 is 2.13 bits per heavy atom. The van der Waals surface area contributed by atoms with Gasteiger partial charge in [-0.05, 0) is 48.0 Å². The van der Waals surface area contributed by atoms with Gasteiger partial charge in [0, 0.05) is 18.7 Å². The highest BCUT2D eigenvalue weighted by Crippen LogP contribution is 2.34. The van der Waals surface area contributed by atoms with Crippen LogP contribution < -0.4 is 5.32 Å². The Labute approximate surface area is 179 Å². The summed E-state index contributed by atoms with van der Waals surface area (Å²) >= 11 is 2.48. The zero-order chi connectivity index (χ0) is 21.3. The summed E-state index contributed by atoms with van der Waals surface area (Å²) in [5.41, 5.74) is 2.00. The first-order valence-corrected chi connectivity index (χ1v) is 10.6. The molecular weight excluding hydrogens is 424 g/mol. The average molecular weight is 441 g/mol. The molecule has 0 unspecified atom stereocenters. The summed E-state index contributed by atoms with van der Waals surface area (Å²) in [6.07, 6.45) is 2.43. The van der Waals surface area contributed by atoms with Gasteiger partial charge in [0.1, 0.15) is 6.33 Å². The molecule has 0 aliphatic rings. The van der Waals surface area contributed by atoms with Crippen molar-refractivity contribution in [1.82, 2.24) is 19.7 Å². The number of nitro groups is 1. The third kappa shape index (κ3) is 4.02. The molecule has 4 rings (SSSR count). The molecule has 0 aliphatic heterocycles. The van der Waals surface area contributed by atoms with E-state index in [2.05, 4.69) is 27.4 Å². The van der Waals surface area contributed by atoms with Gasteiger partial charge in [0.2, 0.25) is 0 Å². The van der Waals surface area contributed by atoms with E-state index in [4.69, 9.17) is 0 Å².